The van der Waals surface area contributed by atoms with Crippen LogP contribution >= 0.6 is 0 Å². The van der Waals surface area contributed by atoms with E-state index in [0.717, 1.165) is 28.3 Å². The summed E-state index contributed by atoms with van der Waals surface area (Å²) in [6.07, 6.45) is 2.26. The Bertz CT molecular complexity index is 2800. The number of amidine groups is 1. The zero-order valence-electron chi connectivity index (χ0n) is 26.7. The standard InChI is InChI=1S/C46H31N3/c1-2-12-32(13-3-1)42-29-43(39-19-10-16-31-11-6-7-17-38(31)39)48-46(47-42)35-22-21-30-23-24-37(26-36(30)25-35)49-44-20-9-8-18-40(44)41-27-33-14-4-5-15-34(33)28-45(41)49/h1-29,43H,(H,47,48). The molecule has 0 bridgehead atoms. The summed E-state index contributed by atoms with van der Waals surface area (Å²) in [6.45, 7) is 0. The first-order valence-electron chi connectivity index (χ1n) is 16.8. The van der Waals surface area contributed by atoms with Crippen molar-refractivity contribution in [2.75, 3.05) is 0 Å². The van der Waals surface area contributed by atoms with Gasteiger partial charge in [0.15, 0.2) is 0 Å². The summed E-state index contributed by atoms with van der Waals surface area (Å²) >= 11 is 0. The number of aromatic nitrogens is 1. The van der Waals surface area contributed by atoms with Crippen molar-refractivity contribution < 1.29 is 0 Å². The molecule has 230 valence electrons. The Balaban J connectivity index is 1.12. The molecule has 0 fully saturated rings. The van der Waals surface area contributed by atoms with Crippen molar-refractivity contribution in [2.24, 2.45) is 4.99 Å². The number of rotatable bonds is 4. The molecule has 1 unspecified atom stereocenters. The van der Waals surface area contributed by atoms with Gasteiger partial charge in [0.2, 0.25) is 0 Å². The normalized spacial score (nSPS) is 14.7. The van der Waals surface area contributed by atoms with Crippen LogP contribution < -0.4 is 5.32 Å². The van der Waals surface area contributed by atoms with Gasteiger partial charge in [-0.25, -0.2) is 4.99 Å². The topological polar surface area (TPSA) is 29.3 Å². The van der Waals surface area contributed by atoms with Crippen LogP contribution in [-0.4, -0.2) is 10.4 Å². The van der Waals surface area contributed by atoms with Crippen LogP contribution in [0.4, 0.5) is 0 Å². The Morgan fingerprint density at radius 1 is 0.449 bits per heavy atom. The molecule has 0 aliphatic carbocycles. The molecule has 2 heterocycles. The second kappa shape index (κ2) is 11.1. The molecule has 8 aromatic carbocycles. The van der Waals surface area contributed by atoms with E-state index in [1.165, 1.54) is 59.7 Å². The van der Waals surface area contributed by atoms with Gasteiger partial charge in [0.25, 0.3) is 0 Å². The van der Waals surface area contributed by atoms with Crippen molar-refractivity contribution in [3.63, 3.8) is 0 Å². The highest BCUT2D eigenvalue weighted by Gasteiger charge is 2.22. The monoisotopic (exact) mass is 625 g/mol. The number of benzene rings is 8. The molecule has 49 heavy (non-hydrogen) atoms. The maximum Gasteiger partial charge on any atom is 0.134 e. The van der Waals surface area contributed by atoms with Gasteiger partial charge in [-0.2, -0.15) is 0 Å². The maximum atomic E-state index is 5.23. The predicted molar refractivity (Wildman–Crippen MR) is 207 cm³/mol. The van der Waals surface area contributed by atoms with Crippen LogP contribution in [0.25, 0.3) is 65.5 Å². The van der Waals surface area contributed by atoms with Crippen LogP contribution in [0.15, 0.2) is 181 Å². The molecule has 1 atom stereocenters. The molecule has 0 amide bonds. The summed E-state index contributed by atoms with van der Waals surface area (Å²) in [5.41, 5.74) is 7.93. The zero-order valence-corrected chi connectivity index (χ0v) is 26.7. The van der Waals surface area contributed by atoms with Crippen molar-refractivity contribution in [3.05, 3.63) is 193 Å². The third-order valence-corrected chi connectivity index (χ3v) is 9.97. The number of hydrogen-bond acceptors (Lipinski definition) is 2. The first kappa shape index (κ1) is 27.6. The Morgan fingerprint density at radius 3 is 2.04 bits per heavy atom. The smallest absolute Gasteiger partial charge is 0.134 e. The lowest BCUT2D eigenvalue weighted by Gasteiger charge is -2.25. The van der Waals surface area contributed by atoms with Crippen molar-refractivity contribution in [2.45, 2.75) is 6.04 Å². The van der Waals surface area contributed by atoms with Gasteiger partial charge < -0.3 is 9.88 Å². The van der Waals surface area contributed by atoms with E-state index in [0.29, 0.717) is 0 Å². The molecule has 1 N–H and O–H groups in total. The molecule has 1 aliphatic heterocycles. The van der Waals surface area contributed by atoms with Gasteiger partial charge in [-0.1, -0.05) is 133 Å². The minimum Gasteiger partial charge on any atom is -0.359 e. The van der Waals surface area contributed by atoms with E-state index < -0.39 is 0 Å². The average molecular weight is 626 g/mol. The van der Waals surface area contributed by atoms with Crippen LogP contribution in [0, 0.1) is 0 Å². The third kappa shape index (κ3) is 4.62. The molecule has 1 aromatic heterocycles. The molecule has 0 spiro atoms. The number of fused-ring (bicyclic) bond motifs is 6. The Hall–Kier alpha value is -6.45. The van der Waals surface area contributed by atoms with E-state index >= 15 is 0 Å². The molecule has 0 saturated carbocycles. The minimum atomic E-state index is -0.0386. The van der Waals surface area contributed by atoms with Gasteiger partial charge in [0.05, 0.1) is 22.8 Å². The lowest BCUT2D eigenvalue weighted by atomic mass is 9.95. The number of nitrogens with one attached hydrogen (secondary N) is 1. The Morgan fingerprint density at radius 2 is 1.16 bits per heavy atom. The highest BCUT2D eigenvalue weighted by molar-refractivity contribution is 6.14. The highest BCUT2D eigenvalue weighted by atomic mass is 15.0. The molecular formula is C46H31N3. The highest BCUT2D eigenvalue weighted by Crippen LogP contribution is 2.36. The average Bonchev–Trinajstić information content (AvgIpc) is 3.49. The van der Waals surface area contributed by atoms with Crippen molar-refractivity contribution in [3.8, 4) is 5.69 Å². The fourth-order valence-electron chi connectivity index (χ4n) is 7.60. The van der Waals surface area contributed by atoms with E-state index in [9.17, 15) is 0 Å². The lowest BCUT2D eigenvalue weighted by molar-refractivity contribution is 0.787. The second-order valence-corrected chi connectivity index (χ2v) is 12.9. The van der Waals surface area contributed by atoms with Crippen LogP contribution in [0.1, 0.15) is 22.7 Å². The quantitative estimate of drug-likeness (QED) is 0.207. The van der Waals surface area contributed by atoms with E-state index in [1.807, 2.05) is 0 Å². The molecule has 3 heteroatoms. The number of para-hydroxylation sites is 1. The summed E-state index contributed by atoms with van der Waals surface area (Å²) in [7, 11) is 0. The summed E-state index contributed by atoms with van der Waals surface area (Å²) in [5.74, 6) is 0.870. The molecular weight excluding hydrogens is 595 g/mol. The maximum absolute atomic E-state index is 5.23. The fraction of sp³-hybridized carbons (Fsp3) is 0.0217. The lowest BCUT2D eigenvalue weighted by Crippen LogP contribution is -2.31. The summed E-state index contributed by atoms with van der Waals surface area (Å²) < 4.78 is 2.41. The number of hydrogen-bond donors (Lipinski definition) is 1. The molecule has 1 aliphatic rings. The van der Waals surface area contributed by atoms with Crippen LogP contribution in [-0.2, 0) is 0 Å². The molecule has 3 nitrogen and oxygen atoms in total. The predicted octanol–water partition coefficient (Wildman–Crippen LogP) is 11.4. The summed E-state index contributed by atoms with van der Waals surface area (Å²) in [4.78, 5) is 5.23. The van der Waals surface area contributed by atoms with E-state index in [-0.39, 0.29) is 6.04 Å². The van der Waals surface area contributed by atoms with E-state index in [4.69, 9.17) is 4.99 Å². The first-order valence-corrected chi connectivity index (χ1v) is 16.8. The Kier molecular flexibility index (Phi) is 6.25. The molecule has 10 rings (SSSR count). The SMILES string of the molecule is C1=C(c2ccccc2)N=C(c2ccc3ccc(-n4c5ccccc5c5cc6ccccc6cc54)cc3c2)NC1c1cccc2ccccc12. The van der Waals surface area contributed by atoms with Gasteiger partial charge in [-0.05, 0) is 85.9 Å². The van der Waals surface area contributed by atoms with Crippen LogP contribution in [0.3, 0.4) is 0 Å². The van der Waals surface area contributed by atoms with Crippen molar-refractivity contribution in [1.82, 2.24) is 9.88 Å². The van der Waals surface area contributed by atoms with Gasteiger partial charge in [-0.15, -0.1) is 0 Å². The summed E-state index contributed by atoms with van der Waals surface area (Å²) in [6, 6.07) is 61.1. The van der Waals surface area contributed by atoms with E-state index in [1.54, 1.807) is 0 Å². The van der Waals surface area contributed by atoms with Crippen LogP contribution in [0.2, 0.25) is 0 Å². The fourth-order valence-corrected chi connectivity index (χ4v) is 7.60. The first-order chi connectivity index (χ1) is 24.3. The minimum absolute atomic E-state index is 0.0386. The van der Waals surface area contributed by atoms with Gasteiger partial charge in [-0.3, -0.25) is 0 Å². The summed E-state index contributed by atoms with van der Waals surface area (Å²) in [5, 5.41) is 13.7. The zero-order chi connectivity index (χ0) is 32.3. The van der Waals surface area contributed by atoms with E-state index in [2.05, 4.69) is 186 Å². The molecule has 9 aromatic rings. The number of aliphatic imine (C=N–C) groups is 1. The van der Waals surface area contributed by atoms with Gasteiger partial charge in [0, 0.05) is 22.0 Å². The molecule has 0 saturated heterocycles. The second-order valence-electron chi connectivity index (χ2n) is 12.9. The van der Waals surface area contributed by atoms with Gasteiger partial charge in [0.1, 0.15) is 5.84 Å². The van der Waals surface area contributed by atoms with Crippen molar-refractivity contribution in [1.29, 1.82) is 0 Å². The number of nitrogens with zero attached hydrogens (tertiary/aromatic N) is 2. The van der Waals surface area contributed by atoms with Gasteiger partial charge >= 0.3 is 0 Å². The largest absolute Gasteiger partial charge is 0.359 e. The Labute approximate surface area is 284 Å². The van der Waals surface area contributed by atoms with Crippen LogP contribution in [0.5, 0.6) is 0 Å². The molecule has 0 radical (unpaired) electrons. The third-order valence-electron chi connectivity index (χ3n) is 9.97. The van der Waals surface area contributed by atoms with Crippen molar-refractivity contribution >= 4 is 65.7 Å².